The molecule has 18 heavy (non-hydrogen) atoms. The number of aryl methyl sites for hydroxylation is 2. The van der Waals surface area contributed by atoms with Crippen molar-refractivity contribution in [2.45, 2.75) is 45.6 Å². The van der Waals surface area contributed by atoms with Crippen molar-refractivity contribution >= 4 is 0 Å². The Labute approximate surface area is 111 Å². The molecule has 1 N–H and O–H groups in total. The summed E-state index contributed by atoms with van der Waals surface area (Å²) in [5.74, 6) is 0. The van der Waals surface area contributed by atoms with E-state index >= 15 is 0 Å². The third kappa shape index (κ3) is 3.56. The molecule has 1 aliphatic rings. The molecule has 0 saturated carbocycles. The van der Waals surface area contributed by atoms with Gasteiger partial charge in [0.05, 0.1) is 0 Å². The zero-order valence-electron chi connectivity index (χ0n) is 11.7. The first-order valence-electron chi connectivity index (χ1n) is 7.22. The van der Waals surface area contributed by atoms with Crippen LogP contribution >= 0.6 is 0 Å². The van der Waals surface area contributed by atoms with E-state index in [-0.39, 0.29) is 0 Å². The summed E-state index contributed by atoms with van der Waals surface area (Å²) in [6.45, 7) is 7.16. The molecule has 0 saturated heterocycles. The Kier molecular flexibility index (Phi) is 5.21. The van der Waals surface area contributed by atoms with Gasteiger partial charge < -0.3 is 10.1 Å². The van der Waals surface area contributed by atoms with Crippen molar-refractivity contribution in [3.8, 4) is 0 Å². The molecule has 0 fully saturated rings. The van der Waals surface area contributed by atoms with E-state index in [2.05, 4.69) is 37.4 Å². The van der Waals surface area contributed by atoms with Gasteiger partial charge in [-0.05, 0) is 50.3 Å². The van der Waals surface area contributed by atoms with Crippen LogP contribution in [-0.4, -0.2) is 19.8 Å². The highest BCUT2D eigenvalue weighted by Gasteiger charge is 2.21. The summed E-state index contributed by atoms with van der Waals surface area (Å²) in [6, 6.07) is 7.41. The van der Waals surface area contributed by atoms with Gasteiger partial charge in [0.1, 0.15) is 0 Å². The molecule has 100 valence electrons. The van der Waals surface area contributed by atoms with Crippen molar-refractivity contribution in [3.05, 3.63) is 34.9 Å². The van der Waals surface area contributed by atoms with Crippen LogP contribution in [0.25, 0.3) is 0 Å². The molecule has 1 aromatic carbocycles. The Hall–Kier alpha value is -0.860. The zero-order chi connectivity index (χ0) is 12.8. The Morgan fingerprint density at radius 1 is 1.33 bits per heavy atom. The molecule has 0 bridgehead atoms. The Morgan fingerprint density at radius 3 is 3.06 bits per heavy atom. The molecule has 2 nitrogen and oxygen atoms in total. The van der Waals surface area contributed by atoms with Crippen molar-refractivity contribution < 1.29 is 4.74 Å². The Bertz CT molecular complexity index is 375. The van der Waals surface area contributed by atoms with Crippen LogP contribution in [0.4, 0.5) is 0 Å². The molecule has 0 aromatic heterocycles. The van der Waals surface area contributed by atoms with E-state index in [4.69, 9.17) is 4.74 Å². The van der Waals surface area contributed by atoms with Gasteiger partial charge in [-0.2, -0.15) is 0 Å². The van der Waals surface area contributed by atoms with E-state index in [0.717, 1.165) is 32.6 Å². The minimum atomic E-state index is 0.561. The Balaban J connectivity index is 1.74. The smallest absolute Gasteiger partial charge is 0.0478 e. The SMILES string of the molecule is CCCOCCCNC1CCc2ccc(C)cc21. The maximum atomic E-state index is 5.50. The van der Waals surface area contributed by atoms with Gasteiger partial charge >= 0.3 is 0 Å². The molecule has 0 aliphatic heterocycles. The van der Waals surface area contributed by atoms with Crippen LogP contribution in [0.1, 0.15) is 48.9 Å². The highest BCUT2D eigenvalue weighted by atomic mass is 16.5. The summed E-state index contributed by atoms with van der Waals surface area (Å²) in [5.41, 5.74) is 4.42. The number of hydrogen-bond donors (Lipinski definition) is 1. The first-order valence-corrected chi connectivity index (χ1v) is 7.22. The maximum Gasteiger partial charge on any atom is 0.0478 e. The fourth-order valence-corrected chi connectivity index (χ4v) is 2.63. The van der Waals surface area contributed by atoms with E-state index in [1.807, 2.05) is 0 Å². The van der Waals surface area contributed by atoms with Crippen molar-refractivity contribution in [3.63, 3.8) is 0 Å². The van der Waals surface area contributed by atoms with Crippen LogP contribution in [0.15, 0.2) is 18.2 Å². The number of hydrogen-bond acceptors (Lipinski definition) is 2. The minimum absolute atomic E-state index is 0.561. The molecule has 1 aliphatic carbocycles. The summed E-state index contributed by atoms with van der Waals surface area (Å²) in [5, 5.41) is 3.66. The monoisotopic (exact) mass is 247 g/mol. The summed E-state index contributed by atoms with van der Waals surface area (Å²) >= 11 is 0. The lowest BCUT2D eigenvalue weighted by Gasteiger charge is -2.14. The van der Waals surface area contributed by atoms with Crippen molar-refractivity contribution in [1.82, 2.24) is 5.32 Å². The van der Waals surface area contributed by atoms with E-state index in [1.54, 1.807) is 0 Å². The third-order valence-electron chi connectivity index (χ3n) is 3.58. The minimum Gasteiger partial charge on any atom is -0.381 e. The number of ether oxygens (including phenoxy) is 1. The van der Waals surface area contributed by atoms with Crippen LogP contribution in [0.2, 0.25) is 0 Å². The van der Waals surface area contributed by atoms with Gasteiger partial charge in [0.2, 0.25) is 0 Å². The second-order valence-electron chi connectivity index (χ2n) is 5.21. The topological polar surface area (TPSA) is 21.3 Å². The fourth-order valence-electron chi connectivity index (χ4n) is 2.63. The number of fused-ring (bicyclic) bond motifs is 1. The van der Waals surface area contributed by atoms with Gasteiger partial charge in [0, 0.05) is 19.3 Å². The first-order chi connectivity index (χ1) is 8.81. The van der Waals surface area contributed by atoms with Crippen molar-refractivity contribution in [2.24, 2.45) is 0 Å². The summed E-state index contributed by atoms with van der Waals surface area (Å²) in [4.78, 5) is 0. The predicted octanol–water partition coefficient (Wildman–Crippen LogP) is 3.39. The maximum absolute atomic E-state index is 5.50. The lowest BCUT2D eigenvalue weighted by Crippen LogP contribution is -2.21. The molecule has 0 amide bonds. The highest BCUT2D eigenvalue weighted by Crippen LogP contribution is 2.31. The van der Waals surface area contributed by atoms with Crippen LogP contribution in [-0.2, 0) is 11.2 Å². The molecule has 1 atom stereocenters. The molecular formula is C16H25NO. The lowest BCUT2D eigenvalue weighted by molar-refractivity contribution is 0.131. The molecular weight excluding hydrogens is 222 g/mol. The molecule has 0 spiro atoms. The van der Waals surface area contributed by atoms with Gasteiger partial charge in [-0.3, -0.25) is 0 Å². The predicted molar refractivity (Wildman–Crippen MR) is 76.0 cm³/mol. The van der Waals surface area contributed by atoms with Crippen molar-refractivity contribution in [2.75, 3.05) is 19.8 Å². The lowest BCUT2D eigenvalue weighted by atomic mass is 10.1. The average Bonchev–Trinajstić information content (AvgIpc) is 2.76. The molecule has 0 radical (unpaired) electrons. The molecule has 1 aromatic rings. The van der Waals surface area contributed by atoms with Gasteiger partial charge in [0.25, 0.3) is 0 Å². The standard InChI is InChI=1S/C16H25NO/c1-3-10-18-11-4-9-17-16-8-7-14-6-5-13(2)12-15(14)16/h5-6,12,16-17H,3-4,7-11H2,1-2H3. The number of benzene rings is 1. The first kappa shape index (κ1) is 13.6. The molecule has 2 heteroatoms. The zero-order valence-corrected chi connectivity index (χ0v) is 11.7. The summed E-state index contributed by atoms with van der Waals surface area (Å²) in [7, 11) is 0. The molecule has 0 heterocycles. The molecule has 2 rings (SSSR count). The Morgan fingerprint density at radius 2 is 2.22 bits per heavy atom. The van der Waals surface area contributed by atoms with Gasteiger partial charge in [-0.1, -0.05) is 30.7 Å². The number of nitrogens with one attached hydrogen (secondary N) is 1. The van der Waals surface area contributed by atoms with Gasteiger partial charge in [0.15, 0.2) is 0 Å². The second kappa shape index (κ2) is 6.91. The third-order valence-corrected chi connectivity index (χ3v) is 3.58. The second-order valence-corrected chi connectivity index (χ2v) is 5.21. The van der Waals surface area contributed by atoms with E-state index in [9.17, 15) is 0 Å². The summed E-state index contributed by atoms with van der Waals surface area (Å²) in [6.07, 6.45) is 4.69. The quantitative estimate of drug-likeness (QED) is 0.746. The van der Waals surface area contributed by atoms with Gasteiger partial charge in [-0.15, -0.1) is 0 Å². The van der Waals surface area contributed by atoms with E-state index < -0.39 is 0 Å². The van der Waals surface area contributed by atoms with Crippen LogP contribution in [0.3, 0.4) is 0 Å². The largest absolute Gasteiger partial charge is 0.381 e. The van der Waals surface area contributed by atoms with Crippen LogP contribution < -0.4 is 5.32 Å². The number of rotatable bonds is 7. The normalized spacial score (nSPS) is 18.0. The van der Waals surface area contributed by atoms with Crippen LogP contribution in [0.5, 0.6) is 0 Å². The van der Waals surface area contributed by atoms with Gasteiger partial charge in [-0.25, -0.2) is 0 Å². The highest BCUT2D eigenvalue weighted by molar-refractivity contribution is 5.37. The summed E-state index contributed by atoms with van der Waals surface area (Å²) < 4.78 is 5.50. The average molecular weight is 247 g/mol. The van der Waals surface area contributed by atoms with E-state index in [0.29, 0.717) is 6.04 Å². The van der Waals surface area contributed by atoms with Crippen molar-refractivity contribution in [1.29, 1.82) is 0 Å². The molecule has 1 unspecified atom stereocenters. The fraction of sp³-hybridized carbons (Fsp3) is 0.625. The van der Waals surface area contributed by atoms with Crippen LogP contribution in [0, 0.1) is 6.92 Å². The van der Waals surface area contributed by atoms with E-state index in [1.165, 1.54) is 29.5 Å².